The predicted octanol–water partition coefficient (Wildman–Crippen LogP) is 2.76. The molecule has 1 aromatic carbocycles. The van der Waals surface area contributed by atoms with Gasteiger partial charge >= 0.3 is 0 Å². The molecule has 7 heteroatoms. The smallest absolute Gasteiger partial charge is 0.252 e. The number of aromatic nitrogens is 2. The Balaban J connectivity index is 1.66. The third kappa shape index (κ3) is 3.67. The SMILES string of the molecule is Cc1cnc(C)c(-c2cc(O)c3c(c2)CN(C(=O)[C@@H]2CCCCO2)CCO3)n1. The van der Waals surface area contributed by atoms with E-state index in [0.29, 0.717) is 32.1 Å². The van der Waals surface area contributed by atoms with Crippen molar-refractivity contribution in [2.75, 3.05) is 19.8 Å². The summed E-state index contributed by atoms with van der Waals surface area (Å²) < 4.78 is 11.4. The van der Waals surface area contributed by atoms with Gasteiger partial charge < -0.3 is 19.5 Å². The number of nitrogens with zero attached hydrogens (tertiary/aromatic N) is 3. The first-order valence-electron chi connectivity index (χ1n) is 9.72. The van der Waals surface area contributed by atoms with Crippen LogP contribution in [0.3, 0.4) is 0 Å². The van der Waals surface area contributed by atoms with Gasteiger partial charge in [-0.05, 0) is 45.2 Å². The van der Waals surface area contributed by atoms with E-state index >= 15 is 0 Å². The van der Waals surface area contributed by atoms with E-state index in [1.165, 1.54) is 0 Å². The van der Waals surface area contributed by atoms with Gasteiger partial charge in [-0.3, -0.25) is 9.78 Å². The van der Waals surface area contributed by atoms with Gasteiger partial charge in [0, 0.05) is 30.5 Å². The topological polar surface area (TPSA) is 84.8 Å². The van der Waals surface area contributed by atoms with Crippen molar-refractivity contribution >= 4 is 5.91 Å². The number of benzene rings is 1. The Bertz CT molecular complexity index is 893. The standard InChI is InChI=1S/C21H25N3O4/c1-13-11-22-14(2)19(23-13)15-9-16-12-24(6-8-28-20(16)17(25)10-15)21(26)18-5-3-4-7-27-18/h9-11,18,25H,3-8,12H2,1-2H3/t18-/m0/s1. The zero-order valence-electron chi connectivity index (χ0n) is 16.3. The van der Waals surface area contributed by atoms with Crippen LogP contribution in [0.15, 0.2) is 18.3 Å². The van der Waals surface area contributed by atoms with E-state index < -0.39 is 0 Å². The van der Waals surface area contributed by atoms with Crippen LogP contribution in [0.2, 0.25) is 0 Å². The molecular formula is C21H25N3O4. The predicted molar refractivity (Wildman–Crippen MR) is 103 cm³/mol. The maximum absolute atomic E-state index is 12.9. The fourth-order valence-electron chi connectivity index (χ4n) is 3.77. The molecule has 4 rings (SSSR count). The number of phenols is 1. The molecule has 2 aliphatic heterocycles. The summed E-state index contributed by atoms with van der Waals surface area (Å²) in [4.78, 5) is 23.6. The number of hydrogen-bond donors (Lipinski definition) is 1. The lowest BCUT2D eigenvalue weighted by Gasteiger charge is -2.28. The molecular weight excluding hydrogens is 358 g/mol. The number of amides is 1. The van der Waals surface area contributed by atoms with Crippen molar-refractivity contribution in [3.63, 3.8) is 0 Å². The molecule has 3 heterocycles. The summed E-state index contributed by atoms with van der Waals surface area (Å²) >= 11 is 0. The van der Waals surface area contributed by atoms with Gasteiger partial charge in [0.25, 0.3) is 5.91 Å². The number of fused-ring (bicyclic) bond motifs is 1. The van der Waals surface area contributed by atoms with Gasteiger partial charge in [-0.1, -0.05) is 0 Å². The summed E-state index contributed by atoms with van der Waals surface area (Å²) in [6.07, 6.45) is 4.11. The van der Waals surface area contributed by atoms with E-state index in [2.05, 4.69) is 9.97 Å². The van der Waals surface area contributed by atoms with Crippen molar-refractivity contribution in [3.05, 3.63) is 35.3 Å². The molecule has 2 aliphatic rings. The van der Waals surface area contributed by atoms with E-state index in [0.717, 1.165) is 47.5 Å². The maximum Gasteiger partial charge on any atom is 0.252 e. The third-order valence-electron chi connectivity index (χ3n) is 5.23. The van der Waals surface area contributed by atoms with Gasteiger partial charge in [0.1, 0.15) is 12.7 Å². The number of hydrogen-bond acceptors (Lipinski definition) is 6. The molecule has 7 nitrogen and oxygen atoms in total. The van der Waals surface area contributed by atoms with Crippen molar-refractivity contribution in [2.45, 2.75) is 45.8 Å². The number of phenolic OH excluding ortho intramolecular Hbond substituents is 1. The van der Waals surface area contributed by atoms with E-state index in [1.54, 1.807) is 17.2 Å². The van der Waals surface area contributed by atoms with Gasteiger partial charge in [0.2, 0.25) is 0 Å². The van der Waals surface area contributed by atoms with Crippen molar-refractivity contribution in [1.82, 2.24) is 14.9 Å². The summed E-state index contributed by atoms with van der Waals surface area (Å²) in [6.45, 7) is 5.57. The maximum atomic E-state index is 12.9. The molecule has 148 valence electrons. The van der Waals surface area contributed by atoms with Crippen LogP contribution in [0, 0.1) is 13.8 Å². The number of carbonyl (C=O) groups is 1. The first-order valence-corrected chi connectivity index (χ1v) is 9.72. The quantitative estimate of drug-likeness (QED) is 0.858. The number of rotatable bonds is 2. The second-order valence-corrected chi connectivity index (χ2v) is 7.39. The lowest BCUT2D eigenvalue weighted by atomic mass is 10.0. The molecule has 0 aliphatic carbocycles. The minimum absolute atomic E-state index is 0.00688. The molecule has 2 aromatic rings. The molecule has 1 atom stereocenters. The van der Waals surface area contributed by atoms with Gasteiger partial charge in [-0.2, -0.15) is 0 Å². The van der Waals surface area contributed by atoms with Gasteiger partial charge in [0.15, 0.2) is 11.5 Å². The molecule has 1 N–H and O–H groups in total. The number of aryl methyl sites for hydroxylation is 2. The molecule has 1 saturated heterocycles. The van der Waals surface area contributed by atoms with Gasteiger partial charge in [0.05, 0.1) is 23.6 Å². The minimum Gasteiger partial charge on any atom is -0.504 e. The zero-order valence-corrected chi connectivity index (χ0v) is 16.3. The summed E-state index contributed by atoms with van der Waals surface area (Å²) in [5.74, 6) is 0.480. The van der Waals surface area contributed by atoms with Gasteiger partial charge in [-0.15, -0.1) is 0 Å². The van der Waals surface area contributed by atoms with Crippen LogP contribution < -0.4 is 4.74 Å². The monoisotopic (exact) mass is 383 g/mol. The Morgan fingerprint density at radius 3 is 2.89 bits per heavy atom. The van der Waals surface area contributed by atoms with E-state index in [-0.39, 0.29) is 17.8 Å². The summed E-state index contributed by atoms with van der Waals surface area (Å²) in [5, 5.41) is 10.6. The van der Waals surface area contributed by atoms with Crippen LogP contribution in [-0.4, -0.2) is 51.7 Å². The van der Waals surface area contributed by atoms with Crippen LogP contribution in [0.4, 0.5) is 0 Å². The molecule has 0 radical (unpaired) electrons. The Hall–Kier alpha value is -2.67. The molecule has 1 fully saturated rings. The number of ether oxygens (including phenoxy) is 2. The molecule has 1 amide bonds. The van der Waals surface area contributed by atoms with Crippen molar-refractivity contribution in [3.8, 4) is 22.8 Å². The summed E-state index contributed by atoms with van der Waals surface area (Å²) in [7, 11) is 0. The molecule has 0 bridgehead atoms. The van der Waals surface area contributed by atoms with Crippen molar-refractivity contribution < 1.29 is 19.4 Å². The highest BCUT2D eigenvalue weighted by molar-refractivity contribution is 5.81. The van der Waals surface area contributed by atoms with Crippen LogP contribution in [0.25, 0.3) is 11.3 Å². The Labute approximate surface area is 164 Å². The molecule has 0 saturated carbocycles. The lowest BCUT2D eigenvalue weighted by Crippen LogP contribution is -2.42. The molecule has 0 spiro atoms. The zero-order chi connectivity index (χ0) is 19.7. The minimum atomic E-state index is -0.378. The van der Waals surface area contributed by atoms with E-state index in [4.69, 9.17) is 9.47 Å². The van der Waals surface area contributed by atoms with E-state index in [1.807, 2.05) is 19.9 Å². The van der Waals surface area contributed by atoms with Crippen molar-refractivity contribution in [2.24, 2.45) is 0 Å². The van der Waals surface area contributed by atoms with Gasteiger partial charge in [-0.25, -0.2) is 4.98 Å². The van der Waals surface area contributed by atoms with Crippen LogP contribution in [0.5, 0.6) is 11.5 Å². The Morgan fingerprint density at radius 2 is 2.11 bits per heavy atom. The second-order valence-electron chi connectivity index (χ2n) is 7.39. The summed E-state index contributed by atoms with van der Waals surface area (Å²) in [6, 6.07) is 3.58. The highest BCUT2D eigenvalue weighted by Gasteiger charge is 2.30. The van der Waals surface area contributed by atoms with Crippen LogP contribution in [-0.2, 0) is 16.1 Å². The molecule has 1 aromatic heterocycles. The number of aromatic hydroxyl groups is 1. The molecule has 28 heavy (non-hydrogen) atoms. The Morgan fingerprint density at radius 1 is 1.25 bits per heavy atom. The Kier molecular flexibility index (Phi) is 5.17. The second kappa shape index (κ2) is 7.75. The average Bonchev–Trinajstić information content (AvgIpc) is 2.93. The lowest BCUT2D eigenvalue weighted by molar-refractivity contribution is -0.147. The van der Waals surface area contributed by atoms with Crippen LogP contribution >= 0.6 is 0 Å². The normalized spacial score (nSPS) is 19.5. The third-order valence-corrected chi connectivity index (χ3v) is 5.23. The highest BCUT2D eigenvalue weighted by atomic mass is 16.5. The first-order chi connectivity index (χ1) is 13.5. The fourth-order valence-corrected chi connectivity index (χ4v) is 3.77. The first kappa shape index (κ1) is 18.7. The fraction of sp³-hybridized carbons (Fsp3) is 0.476. The average molecular weight is 383 g/mol. The molecule has 0 unspecified atom stereocenters. The van der Waals surface area contributed by atoms with E-state index in [9.17, 15) is 9.90 Å². The number of carbonyl (C=O) groups excluding carboxylic acids is 1. The van der Waals surface area contributed by atoms with Crippen LogP contribution in [0.1, 0.15) is 36.2 Å². The largest absolute Gasteiger partial charge is 0.504 e. The highest BCUT2D eigenvalue weighted by Crippen LogP contribution is 2.38. The summed E-state index contributed by atoms with van der Waals surface area (Å²) in [5.41, 5.74) is 3.83. The van der Waals surface area contributed by atoms with Crippen molar-refractivity contribution in [1.29, 1.82) is 0 Å².